The fraction of sp³-hybridized carbons (Fsp3) is 0.632. The van der Waals surface area contributed by atoms with Crippen molar-refractivity contribution in [2.24, 2.45) is 4.99 Å². The second-order valence-electron chi connectivity index (χ2n) is 6.62. The topological polar surface area (TPSA) is 54.9 Å². The van der Waals surface area contributed by atoms with Crippen LogP contribution in [0.1, 0.15) is 36.8 Å². The molecule has 1 aliphatic heterocycles. The third-order valence-electron chi connectivity index (χ3n) is 4.86. The average molecular weight is 333 g/mol. The molecular weight excluding hydrogens is 302 g/mol. The van der Waals surface area contributed by atoms with Gasteiger partial charge in [0.25, 0.3) is 0 Å². The molecule has 5 heteroatoms. The number of methoxy groups -OCH3 is 1. The lowest BCUT2D eigenvalue weighted by Crippen LogP contribution is -2.51. The molecule has 1 aromatic rings. The Labute approximate surface area is 145 Å². The molecule has 2 rings (SSSR count). The zero-order valence-corrected chi connectivity index (χ0v) is 15.4. The minimum absolute atomic E-state index is 0.154. The van der Waals surface area contributed by atoms with Gasteiger partial charge in [0.05, 0.1) is 5.60 Å². The molecule has 1 saturated heterocycles. The Morgan fingerprint density at radius 2 is 1.92 bits per heavy atom. The fourth-order valence-corrected chi connectivity index (χ4v) is 2.92. The number of benzene rings is 1. The Morgan fingerprint density at radius 1 is 1.25 bits per heavy atom. The SMILES string of the molecule is CN=C(NCC(C)c1ccc(C)cc1)NCC1(OC)CCOCC1. The van der Waals surface area contributed by atoms with Crippen LogP contribution in [0.2, 0.25) is 0 Å². The van der Waals surface area contributed by atoms with Gasteiger partial charge in [-0.05, 0) is 18.4 Å². The van der Waals surface area contributed by atoms with Crippen molar-refractivity contribution < 1.29 is 9.47 Å². The highest BCUT2D eigenvalue weighted by Crippen LogP contribution is 2.23. The number of hydrogen-bond donors (Lipinski definition) is 2. The lowest BCUT2D eigenvalue weighted by molar-refractivity contribution is -0.0855. The Morgan fingerprint density at radius 3 is 2.50 bits per heavy atom. The molecule has 5 nitrogen and oxygen atoms in total. The summed E-state index contributed by atoms with van der Waals surface area (Å²) in [6.45, 7) is 7.43. The lowest BCUT2D eigenvalue weighted by atomic mass is 9.94. The molecule has 2 N–H and O–H groups in total. The minimum Gasteiger partial charge on any atom is -0.381 e. The summed E-state index contributed by atoms with van der Waals surface area (Å²) in [4.78, 5) is 4.33. The average Bonchev–Trinajstić information content (AvgIpc) is 2.63. The van der Waals surface area contributed by atoms with E-state index in [1.807, 2.05) is 0 Å². The van der Waals surface area contributed by atoms with Gasteiger partial charge in [-0.2, -0.15) is 0 Å². The van der Waals surface area contributed by atoms with Gasteiger partial charge in [0.15, 0.2) is 5.96 Å². The Bertz CT molecular complexity index is 522. The Balaban J connectivity index is 1.82. The van der Waals surface area contributed by atoms with E-state index in [4.69, 9.17) is 9.47 Å². The molecule has 24 heavy (non-hydrogen) atoms. The van der Waals surface area contributed by atoms with Crippen molar-refractivity contribution in [3.63, 3.8) is 0 Å². The summed E-state index contributed by atoms with van der Waals surface area (Å²) in [5, 5.41) is 6.82. The van der Waals surface area contributed by atoms with E-state index in [1.165, 1.54) is 11.1 Å². The molecule has 0 radical (unpaired) electrons. The van der Waals surface area contributed by atoms with Crippen LogP contribution in [0.25, 0.3) is 0 Å². The largest absolute Gasteiger partial charge is 0.381 e. The van der Waals surface area contributed by atoms with E-state index in [0.717, 1.165) is 45.1 Å². The first kappa shape index (κ1) is 18.7. The zero-order chi connectivity index (χ0) is 17.4. The maximum absolute atomic E-state index is 5.75. The first-order chi connectivity index (χ1) is 11.6. The van der Waals surface area contributed by atoms with E-state index < -0.39 is 0 Å². The van der Waals surface area contributed by atoms with E-state index in [9.17, 15) is 0 Å². The summed E-state index contributed by atoms with van der Waals surface area (Å²) >= 11 is 0. The van der Waals surface area contributed by atoms with E-state index in [0.29, 0.717) is 5.92 Å². The number of rotatable bonds is 6. The Kier molecular flexibility index (Phi) is 7.06. The summed E-state index contributed by atoms with van der Waals surface area (Å²) in [5.74, 6) is 1.24. The minimum atomic E-state index is -0.154. The molecule has 1 aliphatic rings. The first-order valence-electron chi connectivity index (χ1n) is 8.72. The van der Waals surface area contributed by atoms with Gasteiger partial charge >= 0.3 is 0 Å². The molecule has 1 fully saturated rings. The molecule has 0 bridgehead atoms. The zero-order valence-electron chi connectivity index (χ0n) is 15.4. The summed E-state index contributed by atoms with van der Waals surface area (Å²) < 4.78 is 11.2. The van der Waals surface area contributed by atoms with Crippen molar-refractivity contribution >= 4 is 5.96 Å². The molecule has 0 aliphatic carbocycles. The quantitative estimate of drug-likeness (QED) is 0.620. The lowest BCUT2D eigenvalue weighted by Gasteiger charge is -2.36. The van der Waals surface area contributed by atoms with E-state index >= 15 is 0 Å². The van der Waals surface area contributed by atoms with Crippen LogP contribution in [-0.4, -0.2) is 52.0 Å². The number of hydrogen-bond acceptors (Lipinski definition) is 3. The number of aliphatic imine (C=N–C) groups is 1. The van der Waals surface area contributed by atoms with Crippen molar-refractivity contribution in [1.29, 1.82) is 0 Å². The van der Waals surface area contributed by atoms with Crippen molar-refractivity contribution in [2.45, 2.75) is 38.2 Å². The molecule has 1 unspecified atom stereocenters. The second kappa shape index (κ2) is 9.04. The van der Waals surface area contributed by atoms with Crippen molar-refractivity contribution in [3.8, 4) is 0 Å². The molecule has 0 amide bonds. The number of nitrogens with one attached hydrogen (secondary N) is 2. The third kappa shape index (κ3) is 5.21. The van der Waals surface area contributed by atoms with Crippen LogP contribution >= 0.6 is 0 Å². The summed E-state index contributed by atoms with van der Waals surface area (Å²) in [7, 11) is 3.58. The third-order valence-corrected chi connectivity index (χ3v) is 4.86. The normalized spacial score (nSPS) is 18.9. The second-order valence-corrected chi connectivity index (χ2v) is 6.62. The van der Waals surface area contributed by atoms with Crippen LogP contribution in [0, 0.1) is 6.92 Å². The standard InChI is InChI=1S/C19H31N3O2/c1-15-5-7-17(8-6-15)16(2)13-21-18(20-3)22-14-19(23-4)9-11-24-12-10-19/h5-8,16H,9-14H2,1-4H3,(H2,20,21,22). The van der Waals surface area contributed by atoms with Crippen molar-refractivity contribution in [1.82, 2.24) is 10.6 Å². The van der Waals surface area contributed by atoms with Gasteiger partial charge in [0.1, 0.15) is 0 Å². The van der Waals surface area contributed by atoms with Gasteiger partial charge in [0, 0.05) is 53.3 Å². The van der Waals surface area contributed by atoms with Gasteiger partial charge in [-0.25, -0.2) is 0 Å². The van der Waals surface area contributed by atoms with Crippen LogP contribution in [0.3, 0.4) is 0 Å². The van der Waals surface area contributed by atoms with Crippen LogP contribution in [0.5, 0.6) is 0 Å². The van der Waals surface area contributed by atoms with Crippen molar-refractivity contribution in [3.05, 3.63) is 35.4 Å². The monoisotopic (exact) mass is 333 g/mol. The van der Waals surface area contributed by atoms with Gasteiger partial charge in [-0.1, -0.05) is 36.8 Å². The number of guanidine groups is 1. The summed E-state index contributed by atoms with van der Waals surface area (Å²) in [6, 6.07) is 8.71. The van der Waals surface area contributed by atoms with E-state index in [2.05, 4.69) is 53.7 Å². The molecule has 1 heterocycles. The highest BCUT2D eigenvalue weighted by molar-refractivity contribution is 5.79. The molecule has 1 aromatic carbocycles. The molecule has 0 spiro atoms. The predicted octanol–water partition coefficient (Wildman–Crippen LogP) is 2.46. The summed E-state index contributed by atoms with van der Waals surface area (Å²) in [5.41, 5.74) is 2.47. The van der Waals surface area contributed by atoms with Crippen LogP contribution < -0.4 is 10.6 Å². The molecule has 0 saturated carbocycles. The van der Waals surface area contributed by atoms with Crippen LogP contribution in [-0.2, 0) is 9.47 Å². The fourth-order valence-electron chi connectivity index (χ4n) is 2.92. The van der Waals surface area contributed by atoms with Crippen molar-refractivity contribution in [2.75, 3.05) is 40.5 Å². The first-order valence-corrected chi connectivity index (χ1v) is 8.72. The maximum atomic E-state index is 5.75. The highest BCUT2D eigenvalue weighted by atomic mass is 16.5. The smallest absolute Gasteiger partial charge is 0.191 e. The summed E-state index contributed by atoms with van der Waals surface area (Å²) in [6.07, 6.45) is 1.82. The van der Waals surface area contributed by atoms with Crippen LogP contribution in [0.15, 0.2) is 29.3 Å². The van der Waals surface area contributed by atoms with E-state index in [-0.39, 0.29) is 5.60 Å². The molecule has 0 aromatic heterocycles. The van der Waals surface area contributed by atoms with Gasteiger partial charge < -0.3 is 20.1 Å². The van der Waals surface area contributed by atoms with Gasteiger partial charge in [-0.15, -0.1) is 0 Å². The molecular formula is C19H31N3O2. The highest BCUT2D eigenvalue weighted by Gasteiger charge is 2.32. The number of nitrogens with zero attached hydrogens (tertiary/aromatic N) is 1. The van der Waals surface area contributed by atoms with Gasteiger partial charge in [-0.3, -0.25) is 4.99 Å². The van der Waals surface area contributed by atoms with Crippen LogP contribution in [0.4, 0.5) is 0 Å². The Hall–Kier alpha value is -1.59. The number of aryl methyl sites for hydroxylation is 1. The molecule has 1 atom stereocenters. The maximum Gasteiger partial charge on any atom is 0.191 e. The molecule has 134 valence electrons. The van der Waals surface area contributed by atoms with E-state index in [1.54, 1.807) is 14.2 Å². The number of ether oxygens (including phenoxy) is 2. The predicted molar refractivity (Wildman–Crippen MR) is 98.8 cm³/mol. The van der Waals surface area contributed by atoms with Gasteiger partial charge in [0.2, 0.25) is 0 Å².